The van der Waals surface area contributed by atoms with Crippen LogP contribution in [0.25, 0.3) is 0 Å². The average molecular weight is 215 g/mol. The van der Waals surface area contributed by atoms with E-state index in [1.165, 1.54) is 12.1 Å². The van der Waals surface area contributed by atoms with Gasteiger partial charge in [-0.05, 0) is 18.1 Å². The fourth-order valence-corrected chi connectivity index (χ4v) is 1.39. The van der Waals surface area contributed by atoms with Gasteiger partial charge in [0.05, 0.1) is 4.92 Å². The second-order valence-corrected chi connectivity index (χ2v) is 3.45. The number of nitro groups is 1. The van der Waals surface area contributed by atoms with E-state index < -0.39 is 4.92 Å². The Balaban J connectivity index is 3.13. The van der Waals surface area contributed by atoms with Gasteiger partial charge in [0.25, 0.3) is 5.69 Å². The van der Waals surface area contributed by atoms with Gasteiger partial charge in [0, 0.05) is 23.2 Å². The van der Waals surface area contributed by atoms with Crippen molar-refractivity contribution >= 4 is 17.3 Å². The Hall–Kier alpha value is -1.13. The third kappa shape index (κ3) is 2.43. The van der Waals surface area contributed by atoms with Gasteiger partial charge in [0.2, 0.25) is 0 Å². The molecule has 4 nitrogen and oxygen atoms in total. The van der Waals surface area contributed by atoms with Gasteiger partial charge in [0.15, 0.2) is 0 Å². The fourth-order valence-electron chi connectivity index (χ4n) is 1.15. The van der Waals surface area contributed by atoms with Gasteiger partial charge in [-0.2, -0.15) is 0 Å². The van der Waals surface area contributed by atoms with Crippen LogP contribution < -0.4 is 5.73 Å². The molecule has 0 heterocycles. The maximum atomic E-state index is 10.5. The minimum absolute atomic E-state index is 0.0172. The molecular formula is C9H11ClN2O2. The molecule has 1 unspecified atom stereocenters. The summed E-state index contributed by atoms with van der Waals surface area (Å²) in [6.07, 6.45) is 0.720. The predicted octanol–water partition coefficient (Wildman–Crippen LogP) is 2.66. The number of halogens is 1. The van der Waals surface area contributed by atoms with Crippen LogP contribution in [0.3, 0.4) is 0 Å². The quantitative estimate of drug-likeness (QED) is 0.621. The van der Waals surface area contributed by atoms with Crippen molar-refractivity contribution in [3.05, 3.63) is 38.9 Å². The van der Waals surface area contributed by atoms with Crippen molar-refractivity contribution in [1.82, 2.24) is 0 Å². The van der Waals surface area contributed by atoms with E-state index in [9.17, 15) is 10.1 Å². The summed E-state index contributed by atoms with van der Waals surface area (Å²) in [5, 5.41) is 10.9. The Morgan fingerprint density at radius 2 is 2.21 bits per heavy atom. The first-order valence-electron chi connectivity index (χ1n) is 4.25. The third-order valence-corrected chi connectivity index (χ3v) is 2.20. The van der Waals surface area contributed by atoms with Crippen LogP contribution in [0.1, 0.15) is 24.9 Å². The maximum absolute atomic E-state index is 10.5. The summed E-state index contributed by atoms with van der Waals surface area (Å²) in [5.41, 5.74) is 6.43. The van der Waals surface area contributed by atoms with Crippen LogP contribution in [0, 0.1) is 10.1 Å². The number of rotatable bonds is 3. The van der Waals surface area contributed by atoms with Gasteiger partial charge in [0.1, 0.15) is 0 Å². The van der Waals surface area contributed by atoms with Crippen LogP contribution in [0.4, 0.5) is 5.69 Å². The first-order valence-corrected chi connectivity index (χ1v) is 4.63. The second kappa shape index (κ2) is 4.39. The SMILES string of the molecule is CCC(N)c1cc(Cl)cc([N+](=O)[O-])c1. The minimum Gasteiger partial charge on any atom is -0.324 e. The van der Waals surface area contributed by atoms with E-state index in [0.29, 0.717) is 10.6 Å². The van der Waals surface area contributed by atoms with Crippen molar-refractivity contribution in [1.29, 1.82) is 0 Å². The molecule has 0 saturated heterocycles. The number of nitrogens with zero attached hydrogens (tertiary/aromatic N) is 1. The molecule has 1 aromatic carbocycles. The van der Waals surface area contributed by atoms with Gasteiger partial charge in [-0.3, -0.25) is 10.1 Å². The molecule has 0 bridgehead atoms. The molecule has 0 fully saturated rings. The van der Waals surface area contributed by atoms with Crippen LogP contribution in [0.2, 0.25) is 5.02 Å². The van der Waals surface area contributed by atoms with E-state index in [2.05, 4.69) is 0 Å². The van der Waals surface area contributed by atoms with Gasteiger partial charge in [-0.15, -0.1) is 0 Å². The molecule has 0 aliphatic carbocycles. The highest BCUT2D eigenvalue weighted by Gasteiger charge is 2.12. The normalized spacial score (nSPS) is 12.5. The van der Waals surface area contributed by atoms with Crippen LogP contribution >= 0.6 is 11.6 Å². The van der Waals surface area contributed by atoms with Gasteiger partial charge in [-0.1, -0.05) is 18.5 Å². The van der Waals surface area contributed by atoms with E-state index in [1.807, 2.05) is 6.92 Å². The van der Waals surface area contributed by atoms with Crippen molar-refractivity contribution in [2.24, 2.45) is 5.73 Å². The lowest BCUT2D eigenvalue weighted by atomic mass is 10.1. The van der Waals surface area contributed by atoms with Crippen molar-refractivity contribution in [2.75, 3.05) is 0 Å². The highest BCUT2D eigenvalue weighted by atomic mass is 35.5. The highest BCUT2D eigenvalue weighted by Crippen LogP contribution is 2.25. The Labute approximate surface area is 86.8 Å². The number of nitrogens with two attached hydrogens (primary N) is 1. The Morgan fingerprint density at radius 1 is 1.57 bits per heavy atom. The van der Waals surface area contributed by atoms with Crippen molar-refractivity contribution in [3.63, 3.8) is 0 Å². The molecule has 2 N–H and O–H groups in total. The summed E-state index contributed by atoms with van der Waals surface area (Å²) in [5.74, 6) is 0. The first-order chi connectivity index (χ1) is 6.54. The Bertz CT molecular complexity index is 355. The maximum Gasteiger partial charge on any atom is 0.271 e. The topological polar surface area (TPSA) is 69.2 Å². The molecule has 0 radical (unpaired) electrons. The lowest BCUT2D eigenvalue weighted by Crippen LogP contribution is -2.08. The molecule has 0 aliphatic rings. The molecule has 0 amide bonds. The van der Waals surface area contributed by atoms with E-state index >= 15 is 0 Å². The molecule has 1 aromatic rings. The molecule has 0 saturated carbocycles. The van der Waals surface area contributed by atoms with Crippen LogP contribution in [0.5, 0.6) is 0 Å². The lowest BCUT2D eigenvalue weighted by Gasteiger charge is -2.08. The zero-order chi connectivity index (χ0) is 10.7. The number of nitro benzene ring substituents is 1. The van der Waals surface area contributed by atoms with Crippen LogP contribution in [-0.2, 0) is 0 Å². The first kappa shape index (κ1) is 10.9. The van der Waals surface area contributed by atoms with E-state index in [1.54, 1.807) is 6.07 Å². The molecule has 1 atom stereocenters. The van der Waals surface area contributed by atoms with Gasteiger partial charge >= 0.3 is 0 Å². The standard InChI is InChI=1S/C9H11ClN2O2/c1-2-9(11)6-3-7(10)5-8(4-6)12(13)14/h3-5,9H,2,11H2,1H3. The Morgan fingerprint density at radius 3 is 2.71 bits per heavy atom. The molecule has 14 heavy (non-hydrogen) atoms. The minimum atomic E-state index is -0.474. The lowest BCUT2D eigenvalue weighted by molar-refractivity contribution is -0.384. The summed E-state index contributed by atoms with van der Waals surface area (Å²) in [6.45, 7) is 1.91. The van der Waals surface area contributed by atoms with Crippen molar-refractivity contribution in [3.8, 4) is 0 Å². The monoisotopic (exact) mass is 214 g/mol. The number of hydrogen-bond acceptors (Lipinski definition) is 3. The smallest absolute Gasteiger partial charge is 0.271 e. The molecule has 1 rings (SSSR count). The fraction of sp³-hybridized carbons (Fsp3) is 0.333. The largest absolute Gasteiger partial charge is 0.324 e. The van der Waals surface area contributed by atoms with E-state index in [-0.39, 0.29) is 11.7 Å². The summed E-state index contributed by atoms with van der Waals surface area (Å²) in [7, 11) is 0. The zero-order valence-electron chi connectivity index (χ0n) is 7.74. The van der Waals surface area contributed by atoms with Crippen molar-refractivity contribution in [2.45, 2.75) is 19.4 Å². The predicted molar refractivity (Wildman–Crippen MR) is 55.3 cm³/mol. The molecule has 0 spiro atoms. The zero-order valence-corrected chi connectivity index (χ0v) is 8.49. The van der Waals surface area contributed by atoms with Crippen LogP contribution in [-0.4, -0.2) is 4.92 Å². The molecule has 76 valence electrons. The van der Waals surface area contributed by atoms with Crippen molar-refractivity contribution < 1.29 is 4.92 Å². The second-order valence-electron chi connectivity index (χ2n) is 3.01. The molecule has 5 heteroatoms. The van der Waals surface area contributed by atoms with Crippen LogP contribution in [0.15, 0.2) is 18.2 Å². The third-order valence-electron chi connectivity index (χ3n) is 1.98. The summed E-state index contributed by atoms with van der Waals surface area (Å²) in [4.78, 5) is 10.0. The number of benzene rings is 1. The van der Waals surface area contributed by atoms with E-state index in [4.69, 9.17) is 17.3 Å². The number of hydrogen-bond donors (Lipinski definition) is 1. The van der Waals surface area contributed by atoms with Gasteiger partial charge < -0.3 is 5.73 Å². The molecular weight excluding hydrogens is 204 g/mol. The summed E-state index contributed by atoms with van der Waals surface area (Å²) in [6, 6.07) is 4.23. The van der Waals surface area contributed by atoms with E-state index in [0.717, 1.165) is 6.42 Å². The summed E-state index contributed by atoms with van der Waals surface area (Å²) >= 11 is 5.74. The van der Waals surface area contributed by atoms with Gasteiger partial charge in [-0.25, -0.2) is 0 Å². The number of non-ortho nitro benzene ring substituents is 1. The average Bonchev–Trinajstić information content (AvgIpc) is 2.15. The molecule has 0 aromatic heterocycles. The highest BCUT2D eigenvalue weighted by molar-refractivity contribution is 6.30. The Kier molecular flexibility index (Phi) is 3.43. The molecule has 0 aliphatic heterocycles. The summed E-state index contributed by atoms with van der Waals surface area (Å²) < 4.78 is 0.